The molecule has 220 valence electrons. The summed E-state index contributed by atoms with van der Waals surface area (Å²) in [5.74, 6) is 0.983. The van der Waals surface area contributed by atoms with Crippen LogP contribution < -0.4 is 0 Å². The van der Waals surface area contributed by atoms with Gasteiger partial charge in [-0.2, -0.15) is 5.26 Å². The number of hydrogen-bond acceptors (Lipinski definition) is 4. The second kappa shape index (κ2) is 8.56. The molecule has 1 unspecified atom stereocenters. The van der Waals surface area contributed by atoms with Crippen LogP contribution in [0, 0.1) is 61.6 Å². The fraction of sp³-hybridized carbons (Fsp3) is 0.757. The van der Waals surface area contributed by atoms with Crippen LogP contribution in [0.1, 0.15) is 105 Å². The van der Waals surface area contributed by atoms with Gasteiger partial charge < -0.3 is 0 Å². The first-order valence-corrected chi connectivity index (χ1v) is 16.6. The number of carbonyl (C=O) groups is 2. The molecule has 41 heavy (non-hydrogen) atoms. The number of nitrogens with zero attached hydrogens (tertiary/aromatic N) is 2. The van der Waals surface area contributed by atoms with E-state index in [1.807, 2.05) is 6.08 Å². The summed E-state index contributed by atoms with van der Waals surface area (Å²) in [5, 5.41) is 9.99. The highest BCUT2D eigenvalue weighted by atomic mass is 16.1. The first-order chi connectivity index (χ1) is 19.3. The van der Waals surface area contributed by atoms with Crippen molar-refractivity contribution in [1.29, 1.82) is 5.26 Å². The van der Waals surface area contributed by atoms with Crippen LogP contribution in [0.15, 0.2) is 35.5 Å². The average molecular weight is 555 g/mol. The van der Waals surface area contributed by atoms with Crippen molar-refractivity contribution in [3.8, 4) is 6.07 Å². The summed E-state index contributed by atoms with van der Waals surface area (Å²) in [6.45, 7) is 13.2. The normalized spacial score (nSPS) is 48.0. The molecular formula is C37H50N2O2. The second-order valence-corrected chi connectivity index (χ2v) is 17.0. The second-order valence-electron chi connectivity index (χ2n) is 17.0. The molecule has 0 amide bonds. The van der Waals surface area contributed by atoms with Crippen LogP contribution in [-0.2, 0) is 9.59 Å². The molecule has 1 spiro atoms. The molecule has 0 N–H and O–H groups in total. The number of ketones is 2. The van der Waals surface area contributed by atoms with Gasteiger partial charge in [-0.1, -0.05) is 58.4 Å². The number of carbonyl (C=O) groups excluding carboxylic acids is 2. The number of hydrogen-bond donors (Lipinski definition) is 0. The lowest BCUT2D eigenvalue weighted by Crippen LogP contribution is -2.64. The number of nitriles is 1. The van der Waals surface area contributed by atoms with Gasteiger partial charge >= 0.3 is 0 Å². The third-order valence-corrected chi connectivity index (χ3v) is 14.6. The van der Waals surface area contributed by atoms with Gasteiger partial charge in [-0.15, -0.1) is 0 Å². The summed E-state index contributed by atoms with van der Waals surface area (Å²) in [7, 11) is 2.25. The monoisotopic (exact) mass is 554 g/mol. The van der Waals surface area contributed by atoms with Gasteiger partial charge in [-0.3, -0.25) is 14.5 Å². The van der Waals surface area contributed by atoms with Crippen LogP contribution in [0.3, 0.4) is 0 Å². The molecule has 4 saturated carbocycles. The Morgan fingerprint density at radius 2 is 1.71 bits per heavy atom. The van der Waals surface area contributed by atoms with E-state index >= 15 is 0 Å². The molecule has 0 radical (unpaired) electrons. The minimum absolute atomic E-state index is 0.0233. The lowest BCUT2D eigenvalue weighted by Gasteiger charge is -2.68. The van der Waals surface area contributed by atoms with E-state index in [1.165, 1.54) is 37.8 Å². The zero-order valence-corrected chi connectivity index (χ0v) is 26.3. The molecule has 4 nitrogen and oxygen atoms in total. The van der Waals surface area contributed by atoms with Gasteiger partial charge in [0.1, 0.15) is 6.07 Å². The Kier molecular flexibility index (Phi) is 5.81. The minimum atomic E-state index is -0.403. The number of allylic oxidation sites excluding steroid dienone is 5. The minimum Gasteiger partial charge on any atom is -0.300 e. The summed E-state index contributed by atoms with van der Waals surface area (Å²) in [6.07, 6.45) is 21.3. The van der Waals surface area contributed by atoms with Gasteiger partial charge in [0.2, 0.25) is 0 Å². The largest absolute Gasteiger partial charge is 0.300 e. The maximum atomic E-state index is 14.7. The lowest BCUT2D eigenvalue weighted by molar-refractivity contribution is -0.162. The first kappa shape index (κ1) is 27.8. The van der Waals surface area contributed by atoms with Crippen LogP contribution in [-0.4, -0.2) is 36.1 Å². The van der Waals surface area contributed by atoms with E-state index < -0.39 is 5.41 Å². The SMILES string of the molecule is CN1CCCC1/C=C/[C@]12CCC(C)(C)C[C@H]1[C@H]1C(=O)C=C3[C@@]4(C)C=C(C#N)C(=O)C5(CC5)[C@@H]4CC[C@@]3(C)[C@]1(C)CC2. The van der Waals surface area contributed by atoms with E-state index in [4.69, 9.17) is 0 Å². The van der Waals surface area contributed by atoms with Crippen molar-refractivity contribution in [3.63, 3.8) is 0 Å². The van der Waals surface area contributed by atoms with Crippen LogP contribution >= 0.6 is 0 Å². The van der Waals surface area contributed by atoms with Crippen LogP contribution in [0.2, 0.25) is 0 Å². The average Bonchev–Trinajstić information content (AvgIpc) is 3.60. The predicted molar refractivity (Wildman–Crippen MR) is 162 cm³/mol. The van der Waals surface area contributed by atoms with Crippen molar-refractivity contribution in [2.75, 3.05) is 13.6 Å². The van der Waals surface area contributed by atoms with Crippen molar-refractivity contribution < 1.29 is 9.59 Å². The summed E-state index contributed by atoms with van der Waals surface area (Å²) >= 11 is 0. The lowest BCUT2D eigenvalue weighted by atomic mass is 9.34. The van der Waals surface area contributed by atoms with Crippen LogP contribution in [0.25, 0.3) is 0 Å². The number of rotatable bonds is 2. The van der Waals surface area contributed by atoms with Gasteiger partial charge in [-0.25, -0.2) is 0 Å². The highest BCUT2D eigenvalue weighted by Crippen LogP contribution is 2.76. The van der Waals surface area contributed by atoms with Crippen molar-refractivity contribution in [3.05, 3.63) is 35.5 Å². The Hall–Kier alpha value is -1.99. The van der Waals surface area contributed by atoms with Crippen LogP contribution in [0.4, 0.5) is 0 Å². The first-order valence-electron chi connectivity index (χ1n) is 16.6. The Bertz CT molecular complexity index is 1340. The molecule has 1 saturated heterocycles. The number of likely N-dealkylation sites (tertiary alicyclic amines) is 1. The van der Waals surface area contributed by atoms with Crippen molar-refractivity contribution >= 4 is 11.6 Å². The number of fused-ring (bicyclic) bond motifs is 8. The van der Waals surface area contributed by atoms with Gasteiger partial charge in [-0.05, 0) is 124 Å². The molecule has 7 aliphatic rings. The van der Waals surface area contributed by atoms with E-state index in [-0.39, 0.29) is 44.7 Å². The van der Waals surface area contributed by atoms with Crippen LogP contribution in [0.5, 0.6) is 0 Å². The van der Waals surface area contributed by atoms with E-state index in [0.29, 0.717) is 23.3 Å². The van der Waals surface area contributed by atoms with Crippen molar-refractivity contribution in [1.82, 2.24) is 4.90 Å². The molecule has 7 rings (SSSR count). The summed E-state index contributed by atoms with van der Waals surface area (Å²) < 4.78 is 0. The van der Waals surface area contributed by atoms with Gasteiger partial charge in [0.05, 0.1) is 5.57 Å². The van der Waals surface area contributed by atoms with Gasteiger partial charge in [0.25, 0.3) is 0 Å². The zero-order chi connectivity index (χ0) is 29.2. The summed E-state index contributed by atoms with van der Waals surface area (Å²) in [6, 6.07) is 2.80. The Labute approximate surface area is 247 Å². The van der Waals surface area contributed by atoms with Gasteiger partial charge in [0.15, 0.2) is 11.6 Å². The Morgan fingerprint density at radius 1 is 0.976 bits per heavy atom. The highest BCUT2D eigenvalue weighted by Gasteiger charge is 2.72. The standard InChI is InChI=1S/C37H50N2O2/c1-32(2)13-15-36(12-9-25-8-7-19-39(25)6)16-14-35(5)30(26(36)22-32)27(40)20-29-33(3)21-24(23-38)31(41)37(17-18-37)28(33)10-11-34(29,35)4/h9,12,20-21,25-26,28,30H,7-8,10-11,13-19,22H2,1-6H3/b12-9+/t25?,26-,28+,30-,33-,34+,35+,36+/m0/s1. The molecule has 8 atom stereocenters. The van der Waals surface area contributed by atoms with E-state index in [0.717, 1.165) is 44.9 Å². The Morgan fingerprint density at radius 3 is 2.37 bits per heavy atom. The van der Waals surface area contributed by atoms with Crippen molar-refractivity contribution in [2.45, 2.75) is 111 Å². The third kappa shape index (κ3) is 3.54. The molecule has 0 aromatic carbocycles. The van der Waals surface area contributed by atoms with E-state index in [1.54, 1.807) is 0 Å². The zero-order valence-electron chi connectivity index (χ0n) is 26.3. The molecule has 5 fully saturated rings. The fourth-order valence-corrected chi connectivity index (χ4v) is 11.8. The van der Waals surface area contributed by atoms with Crippen molar-refractivity contribution in [2.24, 2.45) is 50.2 Å². The molecule has 0 aromatic rings. The predicted octanol–water partition coefficient (Wildman–Crippen LogP) is 7.61. The summed E-state index contributed by atoms with van der Waals surface area (Å²) in [5.41, 5.74) is 0.904. The number of likely N-dealkylation sites (N-methyl/N-ethyl adjacent to an activating group) is 1. The molecule has 4 heteroatoms. The molecule has 0 aromatic heterocycles. The van der Waals surface area contributed by atoms with E-state index in [9.17, 15) is 14.9 Å². The molecule has 1 aliphatic heterocycles. The third-order valence-electron chi connectivity index (χ3n) is 14.6. The molecule has 1 heterocycles. The fourth-order valence-electron chi connectivity index (χ4n) is 11.8. The molecule has 6 aliphatic carbocycles. The highest BCUT2D eigenvalue weighted by molar-refractivity contribution is 6.06. The maximum Gasteiger partial charge on any atom is 0.179 e. The topological polar surface area (TPSA) is 61.2 Å². The van der Waals surface area contributed by atoms with E-state index in [2.05, 4.69) is 70.9 Å². The quantitative estimate of drug-likeness (QED) is 0.330. The van der Waals surface area contributed by atoms with Gasteiger partial charge in [0, 0.05) is 22.8 Å². The molecular weight excluding hydrogens is 504 g/mol. The Balaban J connectivity index is 1.34. The number of Topliss-reactive ketones (excluding diaryl/α,β-unsaturated/α-hetero) is 1. The molecule has 0 bridgehead atoms. The summed E-state index contributed by atoms with van der Waals surface area (Å²) in [4.78, 5) is 30.6. The maximum absolute atomic E-state index is 14.7. The smallest absolute Gasteiger partial charge is 0.179 e.